The van der Waals surface area contributed by atoms with E-state index in [2.05, 4.69) is 10.4 Å². The zero-order chi connectivity index (χ0) is 15.6. The number of hydrogen-bond donors (Lipinski definition) is 2. The van der Waals surface area contributed by atoms with Crippen LogP contribution in [-0.2, 0) is 17.5 Å². The molecule has 1 amide bonds. The van der Waals surface area contributed by atoms with Crippen LogP contribution in [0.3, 0.4) is 0 Å². The average molecular weight is 302 g/mol. The molecule has 21 heavy (non-hydrogen) atoms. The smallest absolute Gasteiger partial charge is 0.382 e. The lowest BCUT2D eigenvalue weighted by Crippen LogP contribution is -2.19. The largest absolute Gasteiger partial charge is 0.419 e. The molecule has 2 rings (SSSR count). The van der Waals surface area contributed by atoms with E-state index in [1.165, 1.54) is 16.9 Å². The summed E-state index contributed by atoms with van der Waals surface area (Å²) < 4.78 is 51.9. The maximum Gasteiger partial charge on any atom is 0.419 e. The fraction of sp³-hybridized carbons (Fsp3) is 0.167. The van der Waals surface area contributed by atoms with Gasteiger partial charge in [-0.1, -0.05) is 0 Å². The first-order valence-electron chi connectivity index (χ1n) is 5.71. The number of alkyl halides is 3. The third kappa shape index (κ3) is 3.71. The number of nitrogens with zero attached hydrogens (tertiary/aromatic N) is 2. The Balaban J connectivity index is 2.11. The van der Waals surface area contributed by atoms with Crippen LogP contribution in [0.1, 0.15) is 5.56 Å². The molecule has 0 aliphatic carbocycles. The van der Waals surface area contributed by atoms with Gasteiger partial charge >= 0.3 is 6.18 Å². The number of anilines is 2. The Labute approximate surface area is 116 Å². The Kier molecular flexibility index (Phi) is 3.83. The van der Waals surface area contributed by atoms with Crippen molar-refractivity contribution in [2.45, 2.75) is 12.7 Å². The van der Waals surface area contributed by atoms with Gasteiger partial charge in [0.25, 0.3) is 0 Å². The van der Waals surface area contributed by atoms with Gasteiger partial charge in [0, 0.05) is 11.9 Å². The van der Waals surface area contributed by atoms with Gasteiger partial charge in [-0.15, -0.1) is 0 Å². The molecule has 9 heteroatoms. The summed E-state index contributed by atoms with van der Waals surface area (Å²) in [5, 5.41) is 5.99. The lowest BCUT2D eigenvalue weighted by molar-refractivity contribution is -0.140. The second-order valence-corrected chi connectivity index (χ2v) is 4.18. The highest BCUT2D eigenvalue weighted by Crippen LogP contribution is 2.32. The van der Waals surface area contributed by atoms with Crippen LogP contribution in [0, 0.1) is 5.82 Å². The molecule has 0 aliphatic rings. The van der Waals surface area contributed by atoms with E-state index in [0.717, 1.165) is 6.07 Å². The van der Waals surface area contributed by atoms with Crippen LogP contribution < -0.4 is 11.1 Å². The Morgan fingerprint density at radius 2 is 2.05 bits per heavy atom. The summed E-state index contributed by atoms with van der Waals surface area (Å²) in [6.07, 6.45) is -3.39. The molecule has 1 aromatic heterocycles. The SMILES string of the molecule is Nc1ccn(CC(=O)Nc2ccc(F)c(C(F)(F)F)c2)n1. The molecule has 0 spiro atoms. The first-order valence-corrected chi connectivity index (χ1v) is 5.71. The van der Waals surface area contributed by atoms with Crippen LogP contribution in [0.15, 0.2) is 30.5 Å². The van der Waals surface area contributed by atoms with Crippen LogP contribution >= 0.6 is 0 Å². The summed E-state index contributed by atoms with van der Waals surface area (Å²) in [5.41, 5.74) is 3.76. The molecule has 1 heterocycles. The predicted octanol–water partition coefficient (Wildman–Crippen LogP) is 2.26. The Bertz CT molecular complexity index is 666. The van der Waals surface area contributed by atoms with E-state index in [9.17, 15) is 22.4 Å². The Morgan fingerprint density at radius 3 is 2.62 bits per heavy atom. The molecule has 0 fully saturated rings. The van der Waals surface area contributed by atoms with Gasteiger partial charge < -0.3 is 11.1 Å². The molecule has 0 radical (unpaired) electrons. The van der Waals surface area contributed by atoms with E-state index in [-0.39, 0.29) is 18.1 Å². The summed E-state index contributed by atoms with van der Waals surface area (Å²) in [6, 6.07) is 3.68. The number of aromatic nitrogens is 2. The standard InChI is InChI=1S/C12H10F4N4O/c13-9-2-1-7(5-8(9)12(14,15)16)18-11(21)6-20-4-3-10(17)19-20/h1-5H,6H2,(H2,17,19)(H,18,21). The molecule has 0 bridgehead atoms. The number of halogens is 4. The predicted molar refractivity (Wildman–Crippen MR) is 66.7 cm³/mol. The molecule has 0 atom stereocenters. The van der Waals surface area contributed by atoms with Crippen LogP contribution in [0.25, 0.3) is 0 Å². The molecule has 3 N–H and O–H groups in total. The van der Waals surface area contributed by atoms with Crippen molar-refractivity contribution in [2.75, 3.05) is 11.1 Å². The molecular weight excluding hydrogens is 292 g/mol. The summed E-state index contributed by atoms with van der Waals surface area (Å²) in [5.74, 6) is -1.80. The van der Waals surface area contributed by atoms with Gasteiger partial charge in [0.15, 0.2) is 0 Å². The van der Waals surface area contributed by atoms with Gasteiger partial charge in [0.2, 0.25) is 5.91 Å². The number of hydrogen-bond acceptors (Lipinski definition) is 3. The third-order valence-corrected chi connectivity index (χ3v) is 2.52. The lowest BCUT2D eigenvalue weighted by atomic mass is 10.2. The quantitative estimate of drug-likeness (QED) is 0.854. The van der Waals surface area contributed by atoms with Gasteiger partial charge in [-0.05, 0) is 24.3 Å². The number of amides is 1. The van der Waals surface area contributed by atoms with Gasteiger partial charge in [-0.2, -0.15) is 18.3 Å². The van der Waals surface area contributed by atoms with Crippen molar-refractivity contribution in [3.05, 3.63) is 41.8 Å². The van der Waals surface area contributed by atoms with Crippen molar-refractivity contribution in [3.63, 3.8) is 0 Å². The minimum absolute atomic E-state index is 0.158. The number of nitrogens with one attached hydrogen (secondary N) is 1. The molecular formula is C12H10F4N4O. The minimum Gasteiger partial charge on any atom is -0.382 e. The van der Waals surface area contributed by atoms with Crippen LogP contribution in [0.5, 0.6) is 0 Å². The van der Waals surface area contributed by atoms with Gasteiger partial charge in [0.05, 0.1) is 5.56 Å². The zero-order valence-electron chi connectivity index (χ0n) is 10.5. The topological polar surface area (TPSA) is 72.9 Å². The highest BCUT2D eigenvalue weighted by atomic mass is 19.4. The normalized spacial score (nSPS) is 11.4. The van der Waals surface area contributed by atoms with Crippen molar-refractivity contribution in [1.29, 1.82) is 0 Å². The van der Waals surface area contributed by atoms with E-state index in [4.69, 9.17) is 5.73 Å². The molecule has 2 aromatic rings. The third-order valence-electron chi connectivity index (χ3n) is 2.52. The second kappa shape index (κ2) is 5.43. The maximum absolute atomic E-state index is 13.1. The molecule has 1 aromatic carbocycles. The number of nitrogens with two attached hydrogens (primary N) is 1. The number of carbonyl (C=O) groups excluding carboxylic acids is 1. The van der Waals surface area contributed by atoms with Crippen molar-refractivity contribution in [2.24, 2.45) is 0 Å². The van der Waals surface area contributed by atoms with E-state index < -0.39 is 23.5 Å². The van der Waals surface area contributed by atoms with Gasteiger partial charge in [0.1, 0.15) is 18.2 Å². The zero-order valence-corrected chi connectivity index (χ0v) is 10.5. The number of benzene rings is 1. The van der Waals surface area contributed by atoms with E-state index in [1.807, 2.05) is 0 Å². The van der Waals surface area contributed by atoms with E-state index >= 15 is 0 Å². The lowest BCUT2D eigenvalue weighted by Gasteiger charge is -2.11. The van der Waals surface area contributed by atoms with E-state index in [0.29, 0.717) is 12.1 Å². The number of rotatable bonds is 3. The van der Waals surface area contributed by atoms with Crippen LogP contribution in [0.2, 0.25) is 0 Å². The first kappa shape index (κ1) is 14.8. The summed E-state index contributed by atoms with van der Waals surface area (Å²) >= 11 is 0. The molecule has 112 valence electrons. The molecule has 0 unspecified atom stereocenters. The van der Waals surface area contributed by atoms with Crippen molar-refractivity contribution in [1.82, 2.24) is 9.78 Å². The Hall–Kier alpha value is -2.58. The number of carbonyl (C=O) groups is 1. The molecule has 0 aliphatic heterocycles. The van der Waals surface area contributed by atoms with Crippen LogP contribution in [0.4, 0.5) is 29.1 Å². The van der Waals surface area contributed by atoms with Gasteiger partial charge in [-0.3, -0.25) is 9.48 Å². The van der Waals surface area contributed by atoms with E-state index in [1.54, 1.807) is 0 Å². The van der Waals surface area contributed by atoms with Crippen LogP contribution in [-0.4, -0.2) is 15.7 Å². The highest BCUT2D eigenvalue weighted by Gasteiger charge is 2.34. The van der Waals surface area contributed by atoms with Crippen molar-refractivity contribution in [3.8, 4) is 0 Å². The second-order valence-electron chi connectivity index (χ2n) is 4.18. The Morgan fingerprint density at radius 1 is 1.33 bits per heavy atom. The minimum atomic E-state index is -4.83. The first-order chi connectivity index (χ1) is 9.75. The highest BCUT2D eigenvalue weighted by molar-refractivity contribution is 5.90. The summed E-state index contributed by atoms with van der Waals surface area (Å²) in [7, 11) is 0. The average Bonchev–Trinajstić information content (AvgIpc) is 2.75. The van der Waals surface area contributed by atoms with Crippen molar-refractivity contribution < 1.29 is 22.4 Å². The van der Waals surface area contributed by atoms with Crippen molar-refractivity contribution >= 4 is 17.4 Å². The summed E-state index contributed by atoms with van der Waals surface area (Å²) in [4.78, 5) is 11.6. The number of nitrogen functional groups attached to an aromatic ring is 1. The fourth-order valence-electron chi connectivity index (χ4n) is 1.63. The molecule has 5 nitrogen and oxygen atoms in total. The van der Waals surface area contributed by atoms with Gasteiger partial charge in [-0.25, -0.2) is 4.39 Å². The summed E-state index contributed by atoms with van der Waals surface area (Å²) in [6.45, 7) is -0.226. The maximum atomic E-state index is 13.1. The fourth-order valence-corrected chi connectivity index (χ4v) is 1.63. The monoisotopic (exact) mass is 302 g/mol. The molecule has 0 saturated heterocycles. The molecule has 0 saturated carbocycles.